The van der Waals surface area contributed by atoms with Crippen LogP contribution in [0.1, 0.15) is 26.4 Å². The number of fused-ring (bicyclic) bond motifs is 1. The first-order valence-electron chi connectivity index (χ1n) is 7.06. The summed E-state index contributed by atoms with van der Waals surface area (Å²) in [5, 5.41) is 17.8. The fourth-order valence-electron chi connectivity index (χ4n) is 2.44. The number of thiophene rings is 1. The molecule has 1 aromatic heterocycles. The van der Waals surface area contributed by atoms with E-state index in [4.69, 9.17) is 0 Å². The molecule has 1 aliphatic heterocycles. The van der Waals surface area contributed by atoms with Crippen LogP contribution in [-0.4, -0.2) is 17.0 Å². The summed E-state index contributed by atoms with van der Waals surface area (Å²) in [5.41, 5.74) is 2.45. The third-order valence-corrected chi connectivity index (χ3v) is 4.89. The van der Waals surface area contributed by atoms with E-state index < -0.39 is 4.92 Å². The number of rotatable bonds is 3. The number of carbonyl (C=O) groups excluding carboxylic acids is 1. The van der Waals surface area contributed by atoms with Crippen LogP contribution in [0.4, 0.5) is 10.7 Å². The van der Waals surface area contributed by atoms with Gasteiger partial charge in [-0.2, -0.15) is 0 Å². The van der Waals surface area contributed by atoms with Crippen LogP contribution in [-0.2, 0) is 0 Å². The van der Waals surface area contributed by atoms with Gasteiger partial charge in [-0.25, -0.2) is 0 Å². The zero-order valence-electron chi connectivity index (χ0n) is 12.6. The first-order valence-corrected chi connectivity index (χ1v) is 7.87. The molecule has 1 amide bonds. The van der Waals surface area contributed by atoms with Crippen molar-refractivity contribution in [1.82, 2.24) is 5.32 Å². The first-order chi connectivity index (χ1) is 11.0. The van der Waals surface area contributed by atoms with E-state index in [1.165, 1.54) is 12.1 Å². The molecular formula is C16H15N3O3S. The maximum absolute atomic E-state index is 12.2. The molecule has 1 aromatic carbocycles. The van der Waals surface area contributed by atoms with Gasteiger partial charge in [0.05, 0.1) is 10.5 Å². The van der Waals surface area contributed by atoms with Gasteiger partial charge in [-0.1, -0.05) is 18.2 Å². The SMILES string of the molecule is Cc1sc2c(c1C)C(=O)N[C@@H](/C=C/c1cccc([N+](=O)[O-])c1)N2. The fourth-order valence-corrected chi connectivity index (χ4v) is 3.53. The summed E-state index contributed by atoms with van der Waals surface area (Å²) < 4.78 is 0. The van der Waals surface area contributed by atoms with Crippen LogP contribution in [0.3, 0.4) is 0 Å². The van der Waals surface area contributed by atoms with Gasteiger partial charge in [0.15, 0.2) is 0 Å². The molecule has 1 aliphatic rings. The van der Waals surface area contributed by atoms with E-state index in [9.17, 15) is 14.9 Å². The number of anilines is 1. The van der Waals surface area contributed by atoms with Crippen LogP contribution in [0.2, 0.25) is 0 Å². The molecule has 7 heteroatoms. The fraction of sp³-hybridized carbons (Fsp3) is 0.188. The molecule has 0 radical (unpaired) electrons. The lowest BCUT2D eigenvalue weighted by Gasteiger charge is -2.23. The van der Waals surface area contributed by atoms with Crippen molar-refractivity contribution in [1.29, 1.82) is 0 Å². The Balaban J connectivity index is 1.80. The van der Waals surface area contributed by atoms with Gasteiger partial charge < -0.3 is 10.6 Å². The highest BCUT2D eigenvalue weighted by Crippen LogP contribution is 2.34. The molecule has 0 spiro atoms. The number of nitrogens with zero attached hydrogens (tertiary/aromatic N) is 1. The summed E-state index contributed by atoms with van der Waals surface area (Å²) in [6.45, 7) is 3.92. The minimum absolute atomic E-state index is 0.0413. The molecule has 2 heterocycles. The van der Waals surface area contributed by atoms with Gasteiger partial charge in [-0.3, -0.25) is 14.9 Å². The van der Waals surface area contributed by atoms with E-state index >= 15 is 0 Å². The van der Waals surface area contributed by atoms with Crippen molar-refractivity contribution in [3.05, 3.63) is 62.0 Å². The lowest BCUT2D eigenvalue weighted by atomic mass is 10.1. The largest absolute Gasteiger partial charge is 0.353 e. The second-order valence-corrected chi connectivity index (χ2v) is 6.52. The van der Waals surface area contributed by atoms with Crippen LogP contribution in [0.15, 0.2) is 30.3 Å². The van der Waals surface area contributed by atoms with E-state index in [0.717, 1.165) is 15.4 Å². The Morgan fingerprint density at radius 1 is 1.30 bits per heavy atom. The van der Waals surface area contributed by atoms with Gasteiger partial charge in [-0.05, 0) is 31.1 Å². The lowest BCUT2D eigenvalue weighted by Crippen LogP contribution is -2.43. The average Bonchev–Trinajstić information content (AvgIpc) is 2.80. The molecule has 0 unspecified atom stereocenters. The standard InChI is InChI=1S/C16H15N3O3S/c1-9-10(2)23-16-14(9)15(20)17-13(18-16)7-6-11-4-3-5-12(8-11)19(21)22/h3-8,13,18H,1-2H3,(H,17,20)/b7-6+/t13-/m1/s1. The highest BCUT2D eigenvalue weighted by molar-refractivity contribution is 7.16. The molecule has 0 saturated carbocycles. The number of hydrogen-bond acceptors (Lipinski definition) is 5. The third-order valence-electron chi connectivity index (χ3n) is 3.75. The Labute approximate surface area is 137 Å². The number of hydrogen-bond donors (Lipinski definition) is 2. The molecule has 2 N–H and O–H groups in total. The van der Waals surface area contributed by atoms with Crippen LogP contribution in [0.5, 0.6) is 0 Å². The molecular weight excluding hydrogens is 314 g/mol. The molecule has 0 saturated heterocycles. The summed E-state index contributed by atoms with van der Waals surface area (Å²) in [6.07, 6.45) is 3.19. The summed E-state index contributed by atoms with van der Waals surface area (Å²) in [6, 6.07) is 6.35. The van der Waals surface area contributed by atoms with E-state index in [-0.39, 0.29) is 17.8 Å². The molecule has 0 aliphatic carbocycles. The monoisotopic (exact) mass is 329 g/mol. The number of nitrogens with one attached hydrogen (secondary N) is 2. The molecule has 6 nitrogen and oxygen atoms in total. The summed E-state index contributed by atoms with van der Waals surface area (Å²) in [5.74, 6) is -0.103. The van der Waals surface area contributed by atoms with Crippen molar-refractivity contribution in [3.63, 3.8) is 0 Å². The van der Waals surface area contributed by atoms with Crippen molar-refractivity contribution >= 4 is 34.0 Å². The molecule has 1 atom stereocenters. The van der Waals surface area contributed by atoms with Crippen molar-refractivity contribution in [2.75, 3.05) is 5.32 Å². The Hall–Kier alpha value is -2.67. The lowest BCUT2D eigenvalue weighted by molar-refractivity contribution is -0.384. The van der Waals surface area contributed by atoms with Gasteiger partial charge in [-0.15, -0.1) is 11.3 Å². The summed E-state index contributed by atoms with van der Waals surface area (Å²) in [7, 11) is 0. The summed E-state index contributed by atoms with van der Waals surface area (Å²) >= 11 is 1.56. The topological polar surface area (TPSA) is 84.3 Å². The number of carbonyl (C=O) groups is 1. The van der Waals surface area contributed by atoms with E-state index in [1.807, 2.05) is 13.8 Å². The Kier molecular flexibility index (Phi) is 3.87. The first kappa shape index (κ1) is 15.2. The van der Waals surface area contributed by atoms with E-state index in [2.05, 4.69) is 10.6 Å². The molecule has 23 heavy (non-hydrogen) atoms. The molecule has 3 rings (SSSR count). The Bertz CT molecular complexity index is 826. The number of aryl methyl sites for hydroxylation is 1. The summed E-state index contributed by atoms with van der Waals surface area (Å²) in [4.78, 5) is 23.7. The zero-order chi connectivity index (χ0) is 16.6. The third kappa shape index (κ3) is 2.95. The predicted molar refractivity (Wildman–Crippen MR) is 90.8 cm³/mol. The second kappa shape index (κ2) is 5.85. The highest BCUT2D eigenvalue weighted by Gasteiger charge is 2.26. The van der Waals surface area contributed by atoms with Gasteiger partial charge >= 0.3 is 0 Å². The minimum atomic E-state index is -0.429. The quantitative estimate of drug-likeness (QED) is 0.667. The molecule has 0 fully saturated rings. The van der Waals surface area contributed by atoms with Crippen molar-refractivity contribution in [2.45, 2.75) is 20.0 Å². The van der Waals surface area contributed by atoms with E-state index in [0.29, 0.717) is 11.1 Å². The van der Waals surface area contributed by atoms with Crippen LogP contribution in [0.25, 0.3) is 6.08 Å². The minimum Gasteiger partial charge on any atom is -0.353 e. The Morgan fingerprint density at radius 3 is 2.83 bits per heavy atom. The molecule has 118 valence electrons. The second-order valence-electron chi connectivity index (χ2n) is 5.29. The van der Waals surface area contributed by atoms with Gasteiger partial charge in [0.1, 0.15) is 11.2 Å². The smallest absolute Gasteiger partial charge is 0.270 e. The maximum atomic E-state index is 12.2. The van der Waals surface area contributed by atoms with Crippen LogP contribution >= 0.6 is 11.3 Å². The molecule has 2 aromatic rings. The van der Waals surface area contributed by atoms with Crippen LogP contribution < -0.4 is 10.6 Å². The van der Waals surface area contributed by atoms with Gasteiger partial charge in [0.2, 0.25) is 0 Å². The van der Waals surface area contributed by atoms with Crippen molar-refractivity contribution < 1.29 is 9.72 Å². The number of amides is 1. The average molecular weight is 329 g/mol. The number of benzene rings is 1. The Morgan fingerprint density at radius 2 is 2.09 bits per heavy atom. The highest BCUT2D eigenvalue weighted by atomic mass is 32.1. The predicted octanol–water partition coefficient (Wildman–Crippen LogP) is 3.47. The van der Waals surface area contributed by atoms with Crippen molar-refractivity contribution in [2.24, 2.45) is 0 Å². The van der Waals surface area contributed by atoms with Crippen LogP contribution in [0, 0.1) is 24.0 Å². The normalized spacial score (nSPS) is 16.8. The number of nitro benzene ring substituents is 1. The van der Waals surface area contributed by atoms with Gasteiger partial charge in [0, 0.05) is 17.0 Å². The van der Waals surface area contributed by atoms with E-state index in [1.54, 1.807) is 35.6 Å². The molecule has 0 bridgehead atoms. The number of non-ortho nitro benzene ring substituents is 1. The maximum Gasteiger partial charge on any atom is 0.270 e. The zero-order valence-corrected chi connectivity index (χ0v) is 13.4. The van der Waals surface area contributed by atoms with Gasteiger partial charge in [0.25, 0.3) is 11.6 Å². The number of nitro groups is 1. The van der Waals surface area contributed by atoms with Crippen molar-refractivity contribution in [3.8, 4) is 0 Å².